The van der Waals surface area contributed by atoms with Crippen molar-refractivity contribution in [3.05, 3.63) is 24.2 Å². The van der Waals surface area contributed by atoms with Crippen LogP contribution in [-0.4, -0.2) is 20.7 Å². The molecule has 0 bridgehead atoms. The van der Waals surface area contributed by atoms with Crippen molar-refractivity contribution in [2.45, 2.75) is 19.4 Å². The van der Waals surface area contributed by atoms with Crippen LogP contribution in [-0.2, 0) is 6.05 Å². The van der Waals surface area contributed by atoms with Gasteiger partial charge in [0.15, 0.2) is 0 Å². The summed E-state index contributed by atoms with van der Waals surface area (Å²) in [7, 11) is 0. The van der Waals surface area contributed by atoms with E-state index >= 15 is 0 Å². The van der Waals surface area contributed by atoms with Gasteiger partial charge >= 0.3 is 6.05 Å². The van der Waals surface area contributed by atoms with Crippen LogP contribution in [0.3, 0.4) is 0 Å². The maximum absolute atomic E-state index is 13.5. The molecule has 2 aromatic rings. The van der Waals surface area contributed by atoms with E-state index in [9.17, 15) is 18.7 Å². The molecule has 0 spiro atoms. The first-order chi connectivity index (χ1) is 7.95. The molecule has 90 valence electrons. The minimum atomic E-state index is -3.16. The number of halogens is 2. The Morgan fingerprint density at radius 2 is 2.24 bits per heavy atom. The summed E-state index contributed by atoms with van der Waals surface area (Å²) >= 11 is 0. The van der Waals surface area contributed by atoms with E-state index in [0.717, 1.165) is 6.07 Å². The summed E-state index contributed by atoms with van der Waals surface area (Å²) in [6, 6.07) is -2.13. The monoisotopic (exact) mass is 240 g/mol. The van der Waals surface area contributed by atoms with E-state index < -0.39 is 24.1 Å². The third-order valence-corrected chi connectivity index (χ3v) is 2.40. The van der Waals surface area contributed by atoms with Crippen LogP contribution in [0, 0.1) is 0 Å². The smallest absolute Gasteiger partial charge is 0.343 e. The molecule has 5 nitrogen and oxygen atoms in total. The van der Waals surface area contributed by atoms with Crippen LogP contribution < -0.4 is 5.11 Å². The van der Waals surface area contributed by atoms with Gasteiger partial charge in [0, 0.05) is 18.0 Å². The Hall–Kier alpha value is -2.05. The quantitative estimate of drug-likeness (QED) is 0.793. The van der Waals surface area contributed by atoms with E-state index in [0.29, 0.717) is 10.1 Å². The minimum absolute atomic E-state index is 0.0195. The number of aromatic nitrogens is 3. The predicted molar refractivity (Wildman–Crippen MR) is 52.3 cm³/mol. The van der Waals surface area contributed by atoms with Crippen molar-refractivity contribution in [2.75, 3.05) is 0 Å². The van der Waals surface area contributed by atoms with E-state index in [2.05, 4.69) is 10.1 Å². The lowest BCUT2D eigenvalue weighted by atomic mass is 10.2. The summed E-state index contributed by atoms with van der Waals surface area (Å²) in [5.74, 6) is -1.51. The topological polar surface area (TPSA) is 70.8 Å². The van der Waals surface area contributed by atoms with E-state index in [4.69, 9.17) is 0 Å². The molecule has 0 radical (unpaired) electrons. The molecule has 0 aromatic carbocycles. The molecule has 0 atom stereocenters. The van der Waals surface area contributed by atoms with Crippen molar-refractivity contribution in [1.82, 2.24) is 14.8 Å². The van der Waals surface area contributed by atoms with Gasteiger partial charge in [0.25, 0.3) is 0 Å². The number of pyridine rings is 1. The average molecular weight is 240 g/mol. The number of rotatable bonds is 3. The molecule has 17 heavy (non-hydrogen) atoms. The maximum atomic E-state index is 13.5. The zero-order chi connectivity index (χ0) is 12.6. The van der Waals surface area contributed by atoms with Gasteiger partial charge in [-0.05, 0) is 6.07 Å². The summed E-state index contributed by atoms with van der Waals surface area (Å²) in [4.78, 5) is 14.2. The third-order valence-electron chi connectivity index (χ3n) is 2.40. The number of aromatic carboxylic acids is 1. The molecular formula is C10H8F2N3O2-. The van der Waals surface area contributed by atoms with Crippen molar-refractivity contribution in [3.63, 3.8) is 0 Å². The summed E-state index contributed by atoms with van der Waals surface area (Å²) < 4.78 is 27.5. The zero-order valence-corrected chi connectivity index (χ0v) is 8.85. The van der Waals surface area contributed by atoms with Crippen LogP contribution in [0.5, 0.6) is 0 Å². The molecule has 0 aliphatic heterocycles. The Labute approximate surface area is 94.7 Å². The number of hydrogen-bond acceptors (Lipinski definition) is 4. The van der Waals surface area contributed by atoms with Crippen LogP contribution in [0.2, 0.25) is 0 Å². The van der Waals surface area contributed by atoms with E-state index in [1.807, 2.05) is 0 Å². The van der Waals surface area contributed by atoms with E-state index in [-0.39, 0.29) is 5.52 Å². The summed E-state index contributed by atoms with van der Waals surface area (Å²) in [5.41, 5.74) is -0.378. The molecule has 0 amide bonds. The Morgan fingerprint density at radius 3 is 2.82 bits per heavy atom. The molecule has 0 saturated heterocycles. The van der Waals surface area contributed by atoms with Gasteiger partial charge < -0.3 is 9.90 Å². The van der Waals surface area contributed by atoms with E-state index in [1.165, 1.54) is 19.3 Å². The molecule has 2 aromatic heterocycles. The highest BCUT2D eigenvalue weighted by Gasteiger charge is 2.31. The summed E-state index contributed by atoms with van der Waals surface area (Å²) in [6.45, 7) is 1.31. The second-order valence-electron chi connectivity index (χ2n) is 3.49. The van der Waals surface area contributed by atoms with Gasteiger partial charge in [-0.3, -0.25) is 4.98 Å². The van der Waals surface area contributed by atoms with Gasteiger partial charge in [0.2, 0.25) is 0 Å². The molecule has 0 aliphatic rings. The maximum Gasteiger partial charge on any atom is 0.343 e. The Kier molecular flexibility index (Phi) is 2.53. The van der Waals surface area contributed by atoms with Gasteiger partial charge in [-0.15, -0.1) is 0 Å². The van der Waals surface area contributed by atoms with E-state index in [1.54, 1.807) is 0 Å². The number of carboxylic acid groups (broad SMARTS) is 1. The van der Waals surface area contributed by atoms with Gasteiger partial charge in [0.05, 0.1) is 23.4 Å². The lowest BCUT2D eigenvalue weighted by Gasteiger charge is -2.15. The molecule has 0 N–H and O–H groups in total. The summed E-state index contributed by atoms with van der Waals surface area (Å²) in [5, 5.41) is 14.5. The molecule has 2 heterocycles. The number of alkyl halides is 2. The SMILES string of the molecule is CCC(F)(F)n1ncc2cnc(C(=O)[O-])cc21. The molecule has 2 rings (SSSR count). The first-order valence-electron chi connectivity index (χ1n) is 4.89. The van der Waals surface area contributed by atoms with Crippen LogP contribution in [0.4, 0.5) is 8.78 Å². The first-order valence-corrected chi connectivity index (χ1v) is 4.89. The first kappa shape index (κ1) is 11.4. The highest BCUT2D eigenvalue weighted by Crippen LogP contribution is 2.28. The van der Waals surface area contributed by atoms with Gasteiger partial charge in [-0.25, -0.2) is 4.68 Å². The van der Waals surface area contributed by atoms with Gasteiger partial charge in [0.1, 0.15) is 0 Å². The van der Waals surface area contributed by atoms with Crippen molar-refractivity contribution >= 4 is 16.9 Å². The van der Waals surface area contributed by atoms with Crippen LogP contribution in [0.1, 0.15) is 23.8 Å². The number of carbonyl (C=O) groups excluding carboxylic acids is 1. The lowest BCUT2D eigenvalue weighted by Crippen LogP contribution is -2.25. The summed E-state index contributed by atoms with van der Waals surface area (Å²) in [6.07, 6.45) is 1.95. The highest BCUT2D eigenvalue weighted by molar-refractivity contribution is 5.89. The number of carbonyl (C=O) groups is 1. The fourth-order valence-corrected chi connectivity index (χ4v) is 1.44. The predicted octanol–water partition coefficient (Wildman–Crippen LogP) is 0.754. The largest absolute Gasteiger partial charge is 0.543 e. The van der Waals surface area contributed by atoms with Gasteiger partial charge in [-0.2, -0.15) is 13.9 Å². The standard InChI is InChI=1S/C10H9F2N3O2/c1-2-10(11,12)15-8-3-7(9(16)17)13-4-6(8)5-14-15/h3-5H,2H2,1H3,(H,16,17)/p-1. The van der Waals surface area contributed by atoms with Crippen LogP contribution in [0.25, 0.3) is 10.9 Å². The molecule has 0 unspecified atom stereocenters. The molecule has 0 fully saturated rings. The number of hydrogen-bond donors (Lipinski definition) is 0. The normalized spacial score (nSPS) is 11.9. The number of fused-ring (bicyclic) bond motifs is 1. The van der Waals surface area contributed by atoms with Crippen molar-refractivity contribution in [2.24, 2.45) is 0 Å². The van der Waals surface area contributed by atoms with Crippen LogP contribution >= 0.6 is 0 Å². The lowest BCUT2D eigenvalue weighted by molar-refractivity contribution is -0.255. The van der Waals surface area contributed by atoms with Crippen molar-refractivity contribution < 1.29 is 18.7 Å². The average Bonchev–Trinajstić information content (AvgIpc) is 2.72. The van der Waals surface area contributed by atoms with Crippen molar-refractivity contribution in [3.8, 4) is 0 Å². The Balaban J connectivity index is 2.66. The fourth-order valence-electron chi connectivity index (χ4n) is 1.44. The van der Waals surface area contributed by atoms with Crippen LogP contribution in [0.15, 0.2) is 18.5 Å². The fraction of sp³-hybridized carbons (Fsp3) is 0.300. The number of nitrogens with zero attached hydrogens (tertiary/aromatic N) is 3. The Morgan fingerprint density at radius 1 is 1.53 bits per heavy atom. The minimum Gasteiger partial charge on any atom is -0.543 e. The molecule has 0 saturated carbocycles. The third kappa shape index (κ3) is 1.83. The molecule has 7 heteroatoms. The Bertz CT molecular complexity index is 580. The van der Waals surface area contributed by atoms with Gasteiger partial charge in [-0.1, -0.05) is 6.92 Å². The highest BCUT2D eigenvalue weighted by atomic mass is 19.3. The zero-order valence-electron chi connectivity index (χ0n) is 8.85. The second-order valence-corrected chi connectivity index (χ2v) is 3.49. The molecule has 0 aliphatic carbocycles. The molecular weight excluding hydrogens is 232 g/mol. The second kappa shape index (κ2) is 3.76. The van der Waals surface area contributed by atoms with Crippen molar-refractivity contribution in [1.29, 1.82) is 0 Å². The number of carboxylic acids is 1.